The van der Waals surface area contributed by atoms with E-state index in [2.05, 4.69) is 25.8 Å². The van der Waals surface area contributed by atoms with Crippen molar-refractivity contribution in [2.24, 2.45) is 0 Å². The highest BCUT2D eigenvalue weighted by atomic mass is 32.2. The number of hydrogen-bond acceptors (Lipinski definition) is 7. The van der Waals surface area contributed by atoms with Crippen molar-refractivity contribution in [3.63, 3.8) is 0 Å². The first-order valence-electron chi connectivity index (χ1n) is 11.4. The molecule has 9 heteroatoms. The molecule has 3 aliphatic rings. The number of nitrogens with zero attached hydrogens (tertiary/aromatic N) is 5. The van der Waals surface area contributed by atoms with Crippen LogP contribution in [0.3, 0.4) is 0 Å². The zero-order valence-corrected chi connectivity index (χ0v) is 19.0. The Kier molecular flexibility index (Phi) is 5.41. The van der Waals surface area contributed by atoms with Crippen LogP contribution in [0, 0.1) is 0 Å². The zero-order valence-electron chi connectivity index (χ0n) is 18.2. The molecule has 1 aromatic carbocycles. The van der Waals surface area contributed by atoms with E-state index in [1.165, 1.54) is 11.8 Å². The van der Waals surface area contributed by atoms with Crippen LogP contribution in [-0.4, -0.2) is 56.1 Å². The first-order chi connectivity index (χ1) is 16.3. The normalized spacial score (nSPS) is 19.6. The highest BCUT2D eigenvalue weighted by Gasteiger charge is 2.33. The molecule has 33 heavy (non-hydrogen) atoms. The first-order valence-corrected chi connectivity index (χ1v) is 12.4. The van der Waals surface area contributed by atoms with E-state index < -0.39 is 0 Å². The van der Waals surface area contributed by atoms with Gasteiger partial charge in [0, 0.05) is 30.5 Å². The molecule has 0 radical (unpaired) electrons. The molecule has 170 valence electrons. The molecular weight excluding hydrogens is 438 g/mol. The van der Waals surface area contributed by atoms with Crippen LogP contribution in [0.1, 0.15) is 43.3 Å². The maximum atomic E-state index is 13.2. The third-order valence-corrected chi connectivity index (χ3v) is 7.29. The summed E-state index contributed by atoms with van der Waals surface area (Å²) in [6, 6.07) is 10.4. The monoisotopic (exact) mass is 463 g/mol. The van der Waals surface area contributed by atoms with Crippen molar-refractivity contribution in [1.82, 2.24) is 24.6 Å². The average molecular weight is 464 g/mol. The summed E-state index contributed by atoms with van der Waals surface area (Å²) in [7, 11) is 0. The summed E-state index contributed by atoms with van der Waals surface area (Å²) in [5.74, 6) is 2.88. The lowest BCUT2D eigenvalue weighted by atomic mass is 10.0. The Hall–Kier alpha value is -3.07. The van der Waals surface area contributed by atoms with Crippen molar-refractivity contribution in [2.75, 3.05) is 25.5 Å². The van der Waals surface area contributed by atoms with E-state index >= 15 is 0 Å². The van der Waals surface area contributed by atoms with Crippen LogP contribution >= 0.6 is 11.8 Å². The molecule has 6 rings (SSSR count). The number of hydrogen-bond donors (Lipinski definition) is 0. The highest BCUT2D eigenvalue weighted by molar-refractivity contribution is 7.99. The van der Waals surface area contributed by atoms with E-state index in [4.69, 9.17) is 9.47 Å². The Balaban J connectivity index is 1.18. The minimum Gasteiger partial charge on any atom is -0.486 e. The Morgan fingerprint density at radius 1 is 1.03 bits per heavy atom. The molecule has 2 fully saturated rings. The second-order valence-corrected chi connectivity index (χ2v) is 9.52. The van der Waals surface area contributed by atoms with Crippen LogP contribution in [0.15, 0.2) is 47.9 Å². The number of benzene rings is 1. The van der Waals surface area contributed by atoms with Crippen LogP contribution in [0.25, 0.3) is 11.4 Å². The third-order valence-electron chi connectivity index (χ3n) is 6.36. The lowest BCUT2D eigenvalue weighted by molar-refractivity contribution is -0.129. The maximum Gasteiger partial charge on any atom is 0.233 e. The summed E-state index contributed by atoms with van der Waals surface area (Å²) < 4.78 is 13.6. The van der Waals surface area contributed by atoms with E-state index in [0.717, 1.165) is 65.8 Å². The molecule has 4 heterocycles. The molecule has 1 atom stereocenters. The van der Waals surface area contributed by atoms with Crippen molar-refractivity contribution in [3.05, 3.63) is 48.3 Å². The van der Waals surface area contributed by atoms with Crippen molar-refractivity contribution >= 4 is 17.7 Å². The summed E-state index contributed by atoms with van der Waals surface area (Å²) in [6.45, 7) is 1.91. The first kappa shape index (κ1) is 20.5. The van der Waals surface area contributed by atoms with E-state index in [1.54, 1.807) is 12.4 Å². The van der Waals surface area contributed by atoms with Gasteiger partial charge in [0.05, 0.1) is 11.8 Å². The molecule has 1 saturated heterocycles. The fourth-order valence-electron chi connectivity index (χ4n) is 4.62. The molecule has 1 aliphatic carbocycles. The van der Waals surface area contributed by atoms with Crippen LogP contribution in [0.2, 0.25) is 0 Å². The summed E-state index contributed by atoms with van der Waals surface area (Å²) in [5.41, 5.74) is 2.11. The molecule has 0 N–H and O–H groups in total. The van der Waals surface area contributed by atoms with E-state index in [9.17, 15) is 4.79 Å². The summed E-state index contributed by atoms with van der Waals surface area (Å²) in [6.07, 6.45) is 7.73. The smallest absolute Gasteiger partial charge is 0.233 e. The Morgan fingerprint density at radius 3 is 2.67 bits per heavy atom. The molecule has 2 aliphatic heterocycles. The predicted molar refractivity (Wildman–Crippen MR) is 123 cm³/mol. The zero-order chi connectivity index (χ0) is 22.2. The molecule has 8 nitrogen and oxygen atoms in total. The average Bonchev–Trinajstić information content (AvgIpc) is 3.41. The highest BCUT2D eigenvalue weighted by Crippen LogP contribution is 2.42. The standard InChI is InChI=1S/C24H25N5O3S/c30-22(28-11-1-2-19(28)17-3-6-20-21(14-17)32-13-12-31-20)15-33-24-27-26-23(29(24)18-4-5-18)16-7-9-25-10-8-16/h3,6-10,14,18-19H,1-2,4-5,11-13,15H2. The molecular formula is C24H25N5O3S. The molecule has 0 bridgehead atoms. The van der Waals surface area contributed by atoms with Gasteiger partial charge in [-0.2, -0.15) is 0 Å². The lowest BCUT2D eigenvalue weighted by Crippen LogP contribution is -2.32. The molecule has 1 unspecified atom stereocenters. The summed E-state index contributed by atoms with van der Waals surface area (Å²) in [5, 5.41) is 9.69. The van der Waals surface area contributed by atoms with Crippen LogP contribution in [-0.2, 0) is 4.79 Å². The minimum absolute atomic E-state index is 0.0719. The maximum absolute atomic E-state index is 13.2. The Morgan fingerprint density at radius 2 is 1.85 bits per heavy atom. The molecule has 1 saturated carbocycles. The molecule has 2 aromatic heterocycles. The second-order valence-electron chi connectivity index (χ2n) is 8.58. The Bertz CT molecular complexity index is 1160. The minimum atomic E-state index is 0.0719. The van der Waals surface area contributed by atoms with E-state index in [0.29, 0.717) is 25.0 Å². The van der Waals surface area contributed by atoms with Gasteiger partial charge in [-0.15, -0.1) is 10.2 Å². The van der Waals surface area contributed by atoms with Crippen LogP contribution < -0.4 is 9.47 Å². The van der Waals surface area contributed by atoms with Gasteiger partial charge < -0.3 is 14.4 Å². The third kappa shape index (κ3) is 4.06. The number of likely N-dealkylation sites (tertiary alicyclic amines) is 1. The van der Waals surface area contributed by atoms with Crippen molar-refractivity contribution in [3.8, 4) is 22.9 Å². The Labute approximate surface area is 196 Å². The number of thioether (sulfide) groups is 1. The van der Waals surface area contributed by atoms with E-state index in [-0.39, 0.29) is 11.9 Å². The summed E-state index contributed by atoms with van der Waals surface area (Å²) >= 11 is 1.48. The number of aromatic nitrogens is 4. The van der Waals surface area contributed by atoms with Gasteiger partial charge in [0.15, 0.2) is 22.5 Å². The van der Waals surface area contributed by atoms with Gasteiger partial charge in [0.1, 0.15) is 13.2 Å². The van der Waals surface area contributed by atoms with Gasteiger partial charge in [-0.05, 0) is 55.5 Å². The number of fused-ring (bicyclic) bond motifs is 1. The van der Waals surface area contributed by atoms with Gasteiger partial charge in [-0.25, -0.2) is 0 Å². The van der Waals surface area contributed by atoms with Crippen molar-refractivity contribution in [2.45, 2.75) is 42.9 Å². The van der Waals surface area contributed by atoms with Crippen LogP contribution in [0.5, 0.6) is 11.5 Å². The lowest BCUT2D eigenvalue weighted by Gasteiger charge is -2.26. The van der Waals surface area contributed by atoms with E-state index in [1.807, 2.05) is 29.2 Å². The summed E-state index contributed by atoms with van der Waals surface area (Å²) in [4.78, 5) is 19.3. The fourth-order valence-corrected chi connectivity index (χ4v) is 5.51. The van der Waals surface area contributed by atoms with Crippen LogP contribution in [0.4, 0.5) is 0 Å². The second kappa shape index (κ2) is 8.70. The fraction of sp³-hybridized carbons (Fsp3) is 0.417. The largest absolute Gasteiger partial charge is 0.486 e. The van der Waals surface area contributed by atoms with Gasteiger partial charge in [0.2, 0.25) is 5.91 Å². The molecule has 1 amide bonds. The van der Waals surface area contributed by atoms with Gasteiger partial charge >= 0.3 is 0 Å². The number of carbonyl (C=O) groups is 1. The van der Waals surface area contributed by atoms with Gasteiger partial charge in [-0.3, -0.25) is 14.3 Å². The van der Waals surface area contributed by atoms with Gasteiger partial charge in [-0.1, -0.05) is 17.8 Å². The van der Waals surface area contributed by atoms with Gasteiger partial charge in [0.25, 0.3) is 0 Å². The quantitative estimate of drug-likeness (QED) is 0.513. The van der Waals surface area contributed by atoms with Crippen molar-refractivity contribution < 1.29 is 14.3 Å². The predicted octanol–water partition coefficient (Wildman–Crippen LogP) is 3.90. The molecule has 0 spiro atoms. The SMILES string of the molecule is O=C(CSc1nnc(-c2ccncc2)n1C1CC1)N1CCCC1c1ccc2c(c1)OCCO2. The number of amides is 1. The number of pyridine rings is 1. The number of carbonyl (C=O) groups excluding carboxylic acids is 1. The number of ether oxygens (including phenoxy) is 2. The number of rotatable bonds is 6. The molecule has 3 aromatic rings. The van der Waals surface area contributed by atoms with Crippen molar-refractivity contribution in [1.29, 1.82) is 0 Å². The topological polar surface area (TPSA) is 82.4 Å².